The maximum absolute atomic E-state index is 5.76. The molecule has 1 atom stereocenters. The summed E-state index contributed by atoms with van der Waals surface area (Å²) in [6.45, 7) is 4.13. The second kappa shape index (κ2) is 5.80. The maximum atomic E-state index is 5.76. The highest BCUT2D eigenvalue weighted by Gasteiger charge is 2.10. The van der Waals surface area contributed by atoms with Crippen molar-refractivity contribution < 1.29 is 0 Å². The van der Waals surface area contributed by atoms with E-state index in [0.29, 0.717) is 4.99 Å². The first-order chi connectivity index (χ1) is 9.08. The minimum atomic E-state index is 0.142. The van der Waals surface area contributed by atoms with Crippen molar-refractivity contribution in [1.82, 2.24) is 4.98 Å². The van der Waals surface area contributed by atoms with Crippen molar-refractivity contribution in [2.45, 2.75) is 19.9 Å². The molecule has 0 saturated heterocycles. The Bertz CT molecular complexity index is 581. The van der Waals surface area contributed by atoms with Crippen LogP contribution in [-0.4, -0.2) is 9.97 Å². The molecule has 98 valence electrons. The van der Waals surface area contributed by atoms with Crippen LogP contribution in [0.2, 0.25) is 0 Å². The molecule has 3 N–H and O–H groups in total. The van der Waals surface area contributed by atoms with Gasteiger partial charge in [-0.1, -0.05) is 24.4 Å². The van der Waals surface area contributed by atoms with E-state index < -0.39 is 0 Å². The molecule has 0 fully saturated rings. The van der Waals surface area contributed by atoms with Gasteiger partial charge in [-0.15, -0.1) is 0 Å². The fraction of sp³-hybridized carbons (Fsp3) is 0.200. The van der Waals surface area contributed by atoms with Crippen LogP contribution in [0.3, 0.4) is 0 Å². The third-order valence-electron chi connectivity index (χ3n) is 3.00. The summed E-state index contributed by atoms with van der Waals surface area (Å²) >= 11 is 5.09. The first-order valence-corrected chi connectivity index (χ1v) is 6.55. The average Bonchev–Trinajstić information content (AvgIpc) is 2.39. The lowest BCUT2D eigenvalue weighted by Crippen LogP contribution is -2.15. The van der Waals surface area contributed by atoms with Crippen molar-refractivity contribution in [3.63, 3.8) is 0 Å². The van der Waals surface area contributed by atoms with Crippen molar-refractivity contribution in [1.29, 1.82) is 0 Å². The predicted molar refractivity (Wildman–Crippen MR) is 83.3 cm³/mol. The Morgan fingerprint density at radius 1 is 1.37 bits per heavy atom. The smallest absolute Gasteiger partial charge is 0.106 e. The highest BCUT2D eigenvalue weighted by atomic mass is 32.1. The zero-order valence-corrected chi connectivity index (χ0v) is 11.9. The third kappa shape index (κ3) is 3.29. The number of nitrogens with one attached hydrogen (secondary N) is 1. The number of benzene rings is 1. The van der Waals surface area contributed by atoms with Gasteiger partial charge in [0.15, 0.2) is 0 Å². The van der Waals surface area contributed by atoms with Crippen LogP contribution in [0.15, 0.2) is 42.7 Å². The number of aromatic nitrogens is 1. The zero-order chi connectivity index (χ0) is 13.8. The molecular formula is C15H17N3S. The van der Waals surface area contributed by atoms with Gasteiger partial charge in [-0.25, -0.2) is 0 Å². The maximum Gasteiger partial charge on any atom is 0.106 e. The van der Waals surface area contributed by atoms with E-state index in [1.54, 1.807) is 6.20 Å². The second-order valence-corrected chi connectivity index (χ2v) is 5.01. The van der Waals surface area contributed by atoms with Gasteiger partial charge in [-0.05, 0) is 43.2 Å². The summed E-state index contributed by atoms with van der Waals surface area (Å²) in [5, 5.41) is 3.44. The number of anilines is 1. The molecule has 0 spiro atoms. The van der Waals surface area contributed by atoms with Crippen molar-refractivity contribution in [2.75, 3.05) is 5.32 Å². The monoisotopic (exact) mass is 271 g/mol. The van der Waals surface area contributed by atoms with E-state index in [-0.39, 0.29) is 6.04 Å². The average molecular weight is 271 g/mol. The van der Waals surface area contributed by atoms with E-state index in [1.165, 1.54) is 5.56 Å². The highest BCUT2D eigenvalue weighted by molar-refractivity contribution is 7.80. The summed E-state index contributed by atoms with van der Waals surface area (Å²) in [4.78, 5) is 4.54. The molecule has 19 heavy (non-hydrogen) atoms. The molecule has 0 aliphatic heterocycles. The molecule has 1 unspecified atom stereocenters. The van der Waals surface area contributed by atoms with Crippen molar-refractivity contribution in [3.8, 4) is 0 Å². The van der Waals surface area contributed by atoms with Gasteiger partial charge in [-0.2, -0.15) is 0 Å². The number of nitrogens with two attached hydrogens (primary N) is 1. The summed E-state index contributed by atoms with van der Waals surface area (Å²) in [7, 11) is 0. The van der Waals surface area contributed by atoms with Crippen LogP contribution in [0.1, 0.15) is 29.7 Å². The Labute approximate surface area is 118 Å². The van der Waals surface area contributed by atoms with Crippen LogP contribution in [0.5, 0.6) is 0 Å². The molecule has 0 aliphatic carbocycles. The Balaban J connectivity index is 2.28. The highest BCUT2D eigenvalue weighted by Crippen LogP contribution is 2.23. The van der Waals surface area contributed by atoms with Crippen LogP contribution >= 0.6 is 12.2 Å². The minimum absolute atomic E-state index is 0.142. The summed E-state index contributed by atoms with van der Waals surface area (Å²) in [5.74, 6) is 0. The molecule has 3 nitrogen and oxygen atoms in total. The summed E-state index contributed by atoms with van der Waals surface area (Å²) in [6.07, 6.45) is 3.62. The van der Waals surface area contributed by atoms with Gasteiger partial charge in [-0.3, -0.25) is 4.98 Å². The quantitative estimate of drug-likeness (QED) is 0.838. The van der Waals surface area contributed by atoms with Gasteiger partial charge in [0.2, 0.25) is 0 Å². The molecule has 0 bridgehead atoms. The Kier molecular flexibility index (Phi) is 4.12. The Morgan fingerprint density at radius 2 is 2.16 bits per heavy atom. The molecule has 0 aliphatic rings. The number of nitrogens with zero attached hydrogens (tertiary/aromatic N) is 1. The summed E-state index contributed by atoms with van der Waals surface area (Å²) in [6, 6.07) is 10.1. The summed E-state index contributed by atoms with van der Waals surface area (Å²) < 4.78 is 0. The van der Waals surface area contributed by atoms with Crippen LogP contribution in [0.4, 0.5) is 5.69 Å². The van der Waals surface area contributed by atoms with Gasteiger partial charge in [0.1, 0.15) is 4.99 Å². The fourth-order valence-electron chi connectivity index (χ4n) is 1.94. The van der Waals surface area contributed by atoms with Gasteiger partial charge in [0.05, 0.1) is 6.04 Å². The molecule has 0 saturated carbocycles. The van der Waals surface area contributed by atoms with Gasteiger partial charge in [0.25, 0.3) is 0 Å². The van der Waals surface area contributed by atoms with Crippen molar-refractivity contribution in [2.24, 2.45) is 5.73 Å². The fourth-order valence-corrected chi connectivity index (χ4v) is 2.12. The van der Waals surface area contributed by atoms with Crippen LogP contribution in [-0.2, 0) is 0 Å². The van der Waals surface area contributed by atoms with Gasteiger partial charge in [0, 0.05) is 23.6 Å². The molecule has 1 aromatic heterocycles. The normalized spacial score (nSPS) is 11.9. The van der Waals surface area contributed by atoms with Crippen LogP contribution in [0.25, 0.3) is 0 Å². The van der Waals surface area contributed by atoms with Crippen LogP contribution in [0, 0.1) is 6.92 Å². The number of hydrogen-bond donors (Lipinski definition) is 2. The molecule has 4 heteroatoms. The van der Waals surface area contributed by atoms with Gasteiger partial charge >= 0.3 is 0 Å². The molecule has 1 heterocycles. The van der Waals surface area contributed by atoms with E-state index >= 15 is 0 Å². The molecule has 0 amide bonds. The SMILES string of the molecule is Cc1ccc(C(N)=S)c(NC(C)c2cccnc2)c1. The molecular weight excluding hydrogens is 254 g/mol. The topological polar surface area (TPSA) is 50.9 Å². The first kappa shape index (κ1) is 13.5. The molecule has 0 radical (unpaired) electrons. The number of hydrogen-bond acceptors (Lipinski definition) is 3. The number of rotatable bonds is 4. The largest absolute Gasteiger partial charge is 0.389 e. The minimum Gasteiger partial charge on any atom is -0.389 e. The molecule has 1 aromatic carbocycles. The lowest BCUT2D eigenvalue weighted by Gasteiger charge is -2.18. The number of aryl methyl sites for hydroxylation is 1. The van der Waals surface area contributed by atoms with Crippen molar-refractivity contribution >= 4 is 22.9 Å². The van der Waals surface area contributed by atoms with Gasteiger partial charge < -0.3 is 11.1 Å². The molecule has 2 rings (SSSR count). The lowest BCUT2D eigenvalue weighted by molar-refractivity contribution is 0.875. The van der Waals surface area contributed by atoms with E-state index in [1.807, 2.05) is 37.4 Å². The Morgan fingerprint density at radius 3 is 2.79 bits per heavy atom. The second-order valence-electron chi connectivity index (χ2n) is 4.57. The van der Waals surface area contributed by atoms with E-state index in [9.17, 15) is 0 Å². The summed E-state index contributed by atoms with van der Waals surface area (Å²) in [5.41, 5.74) is 9.88. The molecule has 2 aromatic rings. The zero-order valence-electron chi connectivity index (χ0n) is 11.1. The van der Waals surface area contributed by atoms with Crippen molar-refractivity contribution in [3.05, 3.63) is 59.4 Å². The van der Waals surface area contributed by atoms with E-state index in [4.69, 9.17) is 18.0 Å². The Hall–Kier alpha value is -1.94. The number of thiocarbonyl (C=S) groups is 1. The predicted octanol–water partition coefficient (Wildman–Crippen LogP) is 3.20. The van der Waals surface area contributed by atoms with E-state index in [2.05, 4.69) is 23.3 Å². The lowest BCUT2D eigenvalue weighted by atomic mass is 10.1. The van der Waals surface area contributed by atoms with E-state index in [0.717, 1.165) is 16.8 Å². The first-order valence-electron chi connectivity index (χ1n) is 6.15. The third-order valence-corrected chi connectivity index (χ3v) is 3.22. The van der Waals surface area contributed by atoms with Crippen LogP contribution < -0.4 is 11.1 Å². The standard InChI is InChI=1S/C15H17N3S/c1-10-5-6-13(15(16)19)14(8-10)18-11(2)12-4-3-7-17-9-12/h3-9,11,18H,1-2H3,(H2,16,19). The number of pyridine rings is 1.